The van der Waals surface area contributed by atoms with Crippen LogP contribution in [0.5, 0.6) is 11.5 Å². The summed E-state index contributed by atoms with van der Waals surface area (Å²) in [6.07, 6.45) is 18.4. The molecule has 4 saturated heterocycles. The molecule has 0 bridgehead atoms. The minimum Gasteiger partial charge on any atom is -0.493 e. The predicted molar refractivity (Wildman–Crippen MR) is 436 cm³/mol. The largest absolute Gasteiger partial charge is 0.493 e. The van der Waals surface area contributed by atoms with Crippen LogP contribution in [-0.2, 0) is 21.1 Å². The minimum atomic E-state index is -0.719. The van der Waals surface area contributed by atoms with Crippen LogP contribution in [0.15, 0.2) is 133 Å². The van der Waals surface area contributed by atoms with Crippen molar-refractivity contribution in [2.75, 3.05) is 125 Å². The number of pyridine rings is 3. The number of primary amides is 2. The number of amides is 4. The fourth-order valence-electron chi connectivity index (χ4n) is 14.2. The van der Waals surface area contributed by atoms with Gasteiger partial charge >= 0.3 is 0 Å². The molecule has 4 fully saturated rings. The maximum Gasteiger partial charge on any atom is 0.274 e. The van der Waals surface area contributed by atoms with E-state index in [-0.39, 0.29) is 34.0 Å². The molecule has 4 aliphatic rings. The van der Waals surface area contributed by atoms with Crippen molar-refractivity contribution in [1.82, 2.24) is 89.3 Å². The molecule has 17 rings (SSSR count). The number of nitrogens with two attached hydrogens (primary N) is 2. The topological polar surface area (TPSA) is 407 Å². The fourth-order valence-corrected chi connectivity index (χ4v) is 15.2. The molecule has 34 heteroatoms. The number of fused-ring (bicyclic) bond motifs is 7. The van der Waals surface area contributed by atoms with E-state index in [0.29, 0.717) is 58.2 Å². The number of para-hydroxylation sites is 1. The first-order valence-electron chi connectivity index (χ1n) is 37.6. The number of nitriles is 1. The number of carbonyl (C=O) groups excluding carboxylic acids is 4. The van der Waals surface area contributed by atoms with Gasteiger partial charge in [-0.15, -0.1) is 11.3 Å². The number of piperazine rings is 2. The van der Waals surface area contributed by atoms with Gasteiger partial charge in [-0.05, 0) is 101 Å². The number of carbonyl (C=O) groups is 4. The van der Waals surface area contributed by atoms with Crippen LogP contribution in [0.3, 0.4) is 0 Å². The van der Waals surface area contributed by atoms with Crippen LogP contribution in [0, 0.1) is 11.3 Å². The van der Waals surface area contributed by atoms with Crippen LogP contribution >= 0.6 is 11.3 Å². The number of ether oxygens (including phenoxy) is 2. The third-order valence-corrected chi connectivity index (χ3v) is 21.3. The first kappa shape index (κ1) is 77.1. The summed E-state index contributed by atoms with van der Waals surface area (Å²) in [6.45, 7) is 14.8. The number of nitrogens with one attached hydrogen (secondary N) is 7. The number of benzene rings is 3. The second-order valence-electron chi connectivity index (χ2n) is 28.4. The molecule has 13 aromatic rings. The number of H-pyrrole nitrogens is 2. The van der Waals surface area contributed by atoms with Crippen molar-refractivity contribution in [2.24, 2.45) is 32.6 Å². The zero-order valence-corrected chi connectivity index (χ0v) is 64.6. The maximum atomic E-state index is 13.3. The van der Waals surface area contributed by atoms with Crippen molar-refractivity contribution in [3.63, 3.8) is 0 Å². The van der Waals surface area contributed by atoms with Gasteiger partial charge in [-0.1, -0.05) is 24.3 Å². The van der Waals surface area contributed by atoms with Gasteiger partial charge in [0.1, 0.15) is 27.9 Å². The Balaban J connectivity index is 0.000000126. The number of likely N-dealkylation sites (N-methyl/N-ethyl adjacent to an activating group) is 1. The quantitative estimate of drug-likeness (QED) is 0.0371. The summed E-state index contributed by atoms with van der Waals surface area (Å²) in [4.78, 5) is 95.6. The highest BCUT2D eigenvalue weighted by molar-refractivity contribution is 7.21. The summed E-state index contributed by atoms with van der Waals surface area (Å²) in [7, 11) is 8.90. The number of aryl methyl sites for hydroxylation is 3. The van der Waals surface area contributed by atoms with Crippen molar-refractivity contribution in [1.29, 1.82) is 5.26 Å². The Morgan fingerprint density at radius 3 is 2.15 bits per heavy atom. The molecule has 10 aromatic heterocycles. The van der Waals surface area contributed by atoms with E-state index >= 15 is 0 Å². The van der Waals surface area contributed by atoms with Crippen molar-refractivity contribution in [2.45, 2.75) is 57.5 Å². The van der Waals surface area contributed by atoms with E-state index in [9.17, 15) is 29.2 Å². The normalized spacial score (nSPS) is 16.0. The number of rotatable bonds is 18. The van der Waals surface area contributed by atoms with E-state index in [1.807, 2.05) is 60.8 Å². The summed E-state index contributed by atoms with van der Waals surface area (Å²) < 4.78 is 18.8. The summed E-state index contributed by atoms with van der Waals surface area (Å²) in [5.41, 5.74) is 19.2. The second kappa shape index (κ2) is 34.7. The van der Waals surface area contributed by atoms with Gasteiger partial charge in [-0.3, -0.25) is 43.0 Å². The van der Waals surface area contributed by atoms with E-state index in [4.69, 9.17) is 25.9 Å². The molecule has 11 N–H and O–H groups in total. The van der Waals surface area contributed by atoms with Crippen molar-refractivity contribution >= 4 is 112 Å². The Morgan fingerprint density at radius 1 is 0.699 bits per heavy atom. The molecule has 0 saturated carbocycles. The summed E-state index contributed by atoms with van der Waals surface area (Å²) >= 11 is 1.58. The molecule has 3 aromatic carbocycles. The molecule has 113 heavy (non-hydrogen) atoms. The molecule has 2 atom stereocenters. The first-order valence-corrected chi connectivity index (χ1v) is 38.4. The van der Waals surface area contributed by atoms with Gasteiger partial charge in [0, 0.05) is 182 Å². The summed E-state index contributed by atoms with van der Waals surface area (Å²) in [6, 6.07) is 29.8. The monoisotopic (exact) mass is 1550 g/mol. The minimum absolute atomic E-state index is 0.00297. The molecule has 0 aliphatic carbocycles. The average Bonchev–Trinajstić information content (AvgIpc) is 1.63. The number of methoxy groups -OCH3 is 1. The van der Waals surface area contributed by atoms with E-state index in [1.165, 1.54) is 47.2 Å². The smallest absolute Gasteiger partial charge is 0.274 e. The van der Waals surface area contributed by atoms with Gasteiger partial charge in [0.25, 0.3) is 29.2 Å². The van der Waals surface area contributed by atoms with Crippen molar-refractivity contribution in [3.8, 4) is 39.4 Å². The Kier molecular flexibility index (Phi) is 23.7. The van der Waals surface area contributed by atoms with Gasteiger partial charge in [0.2, 0.25) is 0 Å². The van der Waals surface area contributed by atoms with Crippen LogP contribution in [0.2, 0.25) is 0 Å². The predicted octanol–water partition coefficient (Wildman–Crippen LogP) is 7.75. The molecule has 0 radical (unpaired) electrons. The third kappa shape index (κ3) is 18.0. The molecule has 14 heterocycles. The number of hydrogen-bond acceptors (Lipinski definition) is 24. The first-order chi connectivity index (χ1) is 54.8. The van der Waals surface area contributed by atoms with E-state index in [0.717, 1.165) is 169 Å². The number of anilines is 5. The standard InChI is InChI=1S/C25H27N5O2.C23H29N5OS.C16H19N9O2.C15H15N7O2/c1-29-7-9-30(10-8-29)6-3-11-32-24-14-21-19(13-23(24)31-2)25-20(16-27-21)18-5-4-17(15-26)12-22(18)28-25;1-15-9-10-16(14-24-15)25-18-13-20(28-11-5-2-6-12-28)27-22(29)21(18)23-26-17-7-3-4-8-19(17)30-23;1-23-9-11(13(22-23)14(17)26)20-16(27)10-8-19-25-5-2-12(21-15(10)25)24-6-3-18-4-7-24;1-21-7-9(6-17-21)10-4-3-5-11(18-10)15(24)19-12-8-22(2)20-13(12)14(16)23/h4-5,12-14,16,28H,3,6-11H2,1-2H3;3-4,7-8,13,15-16,24H,2,5-6,9-12,14H2,1H3,(H2,25,27,29);2,5,8-9,18H,3-4,6-7H2,1H3,(H2,17,26)(H,20,27);3-8H,1-2H3,(H2,16,23)(H,19,24)/t;15-,16-;;/m.1../s1. The second-order valence-corrected chi connectivity index (χ2v) is 29.4. The van der Waals surface area contributed by atoms with Crippen LogP contribution in [0.25, 0.3) is 70.4 Å². The van der Waals surface area contributed by atoms with E-state index < -0.39 is 23.6 Å². The van der Waals surface area contributed by atoms with Gasteiger partial charge in [-0.2, -0.15) is 25.7 Å². The Hall–Kier alpha value is -12.7. The number of piperidine rings is 2. The van der Waals surface area contributed by atoms with Gasteiger partial charge in [-0.25, -0.2) is 19.5 Å². The molecule has 33 nitrogen and oxygen atoms in total. The highest BCUT2D eigenvalue weighted by Crippen LogP contribution is 2.39. The summed E-state index contributed by atoms with van der Waals surface area (Å²) in [5, 5.41) is 45.0. The lowest BCUT2D eigenvalue weighted by molar-refractivity contribution is 0.0985. The highest BCUT2D eigenvalue weighted by Gasteiger charge is 2.27. The molecule has 4 aliphatic heterocycles. The number of hydrogen-bond donors (Lipinski definition) is 9. The number of nitrogens with zero attached hydrogens (tertiary/aromatic N) is 17. The summed E-state index contributed by atoms with van der Waals surface area (Å²) in [5.74, 6) is 0.785. The Morgan fingerprint density at radius 2 is 1.45 bits per heavy atom. The molecule has 0 unspecified atom stereocenters. The molecule has 0 spiro atoms. The van der Waals surface area contributed by atoms with Crippen LogP contribution < -0.4 is 62.9 Å². The number of aromatic nitrogens is 14. The molecular weight excluding hydrogens is 1460 g/mol. The fraction of sp³-hybridized carbons (Fsp3) is 0.342. The Labute approximate surface area is 653 Å². The highest BCUT2D eigenvalue weighted by atomic mass is 32.1. The zero-order valence-electron chi connectivity index (χ0n) is 63.7. The number of thiazole rings is 1. The maximum absolute atomic E-state index is 13.3. The van der Waals surface area contributed by atoms with Crippen molar-refractivity contribution in [3.05, 3.63) is 167 Å². The number of aromatic amines is 2. The van der Waals surface area contributed by atoms with Gasteiger partial charge in [0.05, 0.1) is 87.3 Å². The molecule has 584 valence electrons. The van der Waals surface area contributed by atoms with E-state index in [1.54, 1.807) is 85.6 Å². The lowest BCUT2D eigenvalue weighted by Crippen LogP contribution is -2.44. The third-order valence-electron chi connectivity index (χ3n) is 20.2. The van der Waals surface area contributed by atoms with E-state index in [2.05, 4.69) is 124 Å². The SMILES string of the molecule is COc1cc2c(cc1OCCCN1CCN(C)CC1)ncc1c3ccc(C#N)cc3[nH]c21.C[C@@H]1CC[C@@H](Nc2cc(N3CCCCC3)[nH]c(=O)c2-c2nc3ccccc3s2)CN1.Cn1cc(-c2cccc(C(=O)Nc3cn(C)nc3C(N)=O)n2)cn1.Cn1cc(NC(=O)c2cnn3ccc(N4CCNCC4)nc23)c(C(N)=O)n1. The van der Waals surface area contributed by atoms with Crippen molar-refractivity contribution < 1.29 is 28.7 Å². The van der Waals surface area contributed by atoms with Crippen LogP contribution in [-0.4, -0.2) is 214 Å². The lowest BCUT2D eigenvalue weighted by atomic mass is 10.0. The lowest BCUT2D eigenvalue weighted by Gasteiger charge is -2.32. The van der Waals surface area contributed by atoms with Crippen LogP contribution in [0.4, 0.5) is 28.7 Å². The Bertz CT molecular complexity index is 5690. The molecular formula is C79H90N26O7S. The van der Waals surface area contributed by atoms with Crippen LogP contribution in [0.1, 0.15) is 92.8 Å². The van der Waals surface area contributed by atoms with Gasteiger partial charge in [0.15, 0.2) is 28.5 Å². The van der Waals surface area contributed by atoms with Gasteiger partial charge < -0.3 is 77.1 Å². The molecule has 4 amide bonds. The zero-order chi connectivity index (χ0) is 78.8. The average molecular weight is 1550 g/mol.